The van der Waals surface area contributed by atoms with E-state index >= 15 is 0 Å². The van der Waals surface area contributed by atoms with Crippen LogP contribution in [0.15, 0.2) is 54.6 Å². The molecule has 7 atom stereocenters. The SMILES string of the molecule is CO[C@]12C=C[C@@]3(C[C@@H]1C(C)(O)C(C)(C)C)[C@H]1Cc4ccc(O)c5c4[C@@]3(CCN1C(=O)c1ccccc1)[C@H]2O5. The molecule has 6 heteroatoms. The number of aliphatic hydroxyl groups is 1. The normalized spacial score (nSPS) is 37.4. The van der Waals surface area contributed by atoms with Crippen molar-refractivity contribution in [2.45, 2.75) is 75.7 Å². The number of fused-ring (bicyclic) bond motifs is 1. The second-order valence-corrected chi connectivity index (χ2v) is 13.3. The zero-order valence-electron chi connectivity index (χ0n) is 22.8. The van der Waals surface area contributed by atoms with Crippen LogP contribution in [0.25, 0.3) is 0 Å². The number of aromatic hydroxyl groups is 1. The quantitative estimate of drug-likeness (QED) is 0.584. The lowest BCUT2D eigenvalue weighted by Gasteiger charge is -2.73. The fourth-order valence-electron chi connectivity index (χ4n) is 8.99. The topological polar surface area (TPSA) is 79.2 Å². The Labute approximate surface area is 224 Å². The van der Waals surface area contributed by atoms with Gasteiger partial charge in [-0.3, -0.25) is 4.79 Å². The predicted molar refractivity (Wildman–Crippen MR) is 143 cm³/mol. The Bertz CT molecular complexity index is 1380. The lowest BCUT2D eigenvalue weighted by Crippen LogP contribution is -2.81. The third-order valence-electron chi connectivity index (χ3n) is 11.3. The second-order valence-electron chi connectivity index (χ2n) is 13.3. The van der Waals surface area contributed by atoms with Gasteiger partial charge in [-0.05, 0) is 55.4 Å². The van der Waals surface area contributed by atoms with E-state index in [0.717, 1.165) is 11.1 Å². The Morgan fingerprint density at radius 3 is 2.53 bits per heavy atom. The van der Waals surface area contributed by atoms with Gasteiger partial charge in [0, 0.05) is 42.2 Å². The predicted octanol–water partition coefficient (Wildman–Crippen LogP) is 4.62. The van der Waals surface area contributed by atoms with E-state index in [4.69, 9.17) is 9.47 Å². The van der Waals surface area contributed by atoms with Crippen LogP contribution < -0.4 is 4.74 Å². The number of rotatable bonds is 3. The first-order valence-corrected chi connectivity index (χ1v) is 13.8. The average molecular weight is 516 g/mol. The first-order chi connectivity index (χ1) is 17.9. The van der Waals surface area contributed by atoms with E-state index in [1.165, 1.54) is 0 Å². The van der Waals surface area contributed by atoms with Crippen molar-refractivity contribution in [2.75, 3.05) is 13.7 Å². The van der Waals surface area contributed by atoms with Crippen LogP contribution in [0.4, 0.5) is 0 Å². The molecule has 0 radical (unpaired) electrons. The van der Waals surface area contributed by atoms with Crippen LogP contribution in [-0.4, -0.2) is 58.0 Å². The maximum absolute atomic E-state index is 14.0. The molecule has 6 nitrogen and oxygen atoms in total. The van der Waals surface area contributed by atoms with Gasteiger partial charge in [0.1, 0.15) is 11.7 Å². The molecule has 38 heavy (non-hydrogen) atoms. The highest BCUT2D eigenvalue weighted by Crippen LogP contribution is 2.76. The lowest BCUT2D eigenvalue weighted by molar-refractivity contribution is -0.260. The van der Waals surface area contributed by atoms with E-state index < -0.39 is 33.6 Å². The van der Waals surface area contributed by atoms with Crippen LogP contribution in [0.1, 0.15) is 62.0 Å². The summed E-state index contributed by atoms with van der Waals surface area (Å²) in [4.78, 5) is 16.1. The Hall–Kier alpha value is -2.83. The molecule has 1 saturated carbocycles. The molecule has 2 fully saturated rings. The smallest absolute Gasteiger partial charge is 0.254 e. The van der Waals surface area contributed by atoms with Crippen molar-refractivity contribution in [1.29, 1.82) is 0 Å². The zero-order chi connectivity index (χ0) is 26.9. The van der Waals surface area contributed by atoms with Gasteiger partial charge in [-0.1, -0.05) is 57.2 Å². The maximum Gasteiger partial charge on any atom is 0.254 e. The van der Waals surface area contributed by atoms with Gasteiger partial charge in [0.05, 0.1) is 11.0 Å². The van der Waals surface area contributed by atoms with Crippen molar-refractivity contribution in [3.05, 3.63) is 71.3 Å². The molecule has 2 aromatic carbocycles. The van der Waals surface area contributed by atoms with Gasteiger partial charge >= 0.3 is 0 Å². The van der Waals surface area contributed by atoms with Gasteiger partial charge in [0.15, 0.2) is 11.5 Å². The summed E-state index contributed by atoms with van der Waals surface area (Å²) < 4.78 is 13.3. The highest BCUT2D eigenvalue weighted by atomic mass is 16.6. The number of methoxy groups -OCH3 is 1. The molecule has 2 heterocycles. The van der Waals surface area contributed by atoms with E-state index in [-0.39, 0.29) is 23.6 Å². The number of ether oxygens (including phenoxy) is 2. The van der Waals surface area contributed by atoms with Crippen LogP contribution in [0.5, 0.6) is 11.5 Å². The Balaban J connectivity index is 1.49. The molecule has 2 aromatic rings. The minimum absolute atomic E-state index is 0.0411. The van der Waals surface area contributed by atoms with Crippen LogP contribution in [0.2, 0.25) is 0 Å². The van der Waals surface area contributed by atoms with E-state index in [2.05, 4.69) is 37.8 Å². The number of benzene rings is 2. The summed E-state index contributed by atoms with van der Waals surface area (Å²) in [5.41, 5.74) is -0.413. The number of phenolic OH excluding ortho intramolecular Hbond substituents is 1. The summed E-state index contributed by atoms with van der Waals surface area (Å²) in [6.45, 7) is 8.72. The van der Waals surface area contributed by atoms with Crippen molar-refractivity contribution in [1.82, 2.24) is 4.90 Å². The maximum atomic E-state index is 14.0. The fourth-order valence-corrected chi connectivity index (χ4v) is 8.99. The molecule has 4 bridgehead atoms. The van der Waals surface area contributed by atoms with Gasteiger partial charge in [-0.15, -0.1) is 0 Å². The molecule has 2 aliphatic heterocycles. The zero-order valence-corrected chi connectivity index (χ0v) is 22.8. The van der Waals surface area contributed by atoms with Crippen molar-refractivity contribution in [3.8, 4) is 11.5 Å². The number of hydrogen-bond donors (Lipinski definition) is 2. The summed E-state index contributed by atoms with van der Waals surface area (Å²) in [5.74, 6) is 0.461. The van der Waals surface area contributed by atoms with Gasteiger partial charge in [-0.25, -0.2) is 0 Å². The largest absolute Gasteiger partial charge is 0.504 e. The number of hydrogen-bond acceptors (Lipinski definition) is 5. The molecular formula is C32H37NO5. The number of carbonyl (C=O) groups is 1. The van der Waals surface area contributed by atoms with Crippen molar-refractivity contribution in [3.63, 3.8) is 0 Å². The van der Waals surface area contributed by atoms with Gasteiger partial charge in [0.25, 0.3) is 5.91 Å². The Kier molecular flexibility index (Phi) is 4.60. The van der Waals surface area contributed by atoms with Gasteiger partial charge in [0.2, 0.25) is 0 Å². The van der Waals surface area contributed by atoms with Crippen molar-refractivity contribution >= 4 is 5.91 Å². The molecule has 2 spiro atoms. The van der Waals surface area contributed by atoms with Crippen LogP contribution >= 0.6 is 0 Å². The first kappa shape index (κ1) is 24.2. The molecule has 8 rings (SSSR count). The monoisotopic (exact) mass is 515 g/mol. The van der Waals surface area contributed by atoms with E-state index in [1.807, 2.05) is 43.3 Å². The first-order valence-electron chi connectivity index (χ1n) is 13.8. The standard InChI is InChI=1S/C32H37NO5/c1-28(2,3)29(4,36)22-18-30-13-14-32(22,37-5)27-31(30)15-16-33(26(35)19-9-7-6-8-10-19)23(30)17-20-11-12-21(34)25(38-27)24(20)31/h6-14,22-23,27,34,36H,15-18H2,1-5H3/t22-,23-,27-,29?,30-,31+,32-/m1/s1. The fraction of sp³-hybridized carbons (Fsp3) is 0.531. The molecule has 6 aliphatic rings. The molecule has 1 unspecified atom stereocenters. The van der Waals surface area contributed by atoms with E-state index in [9.17, 15) is 15.0 Å². The summed E-state index contributed by atoms with van der Waals surface area (Å²) >= 11 is 0. The summed E-state index contributed by atoms with van der Waals surface area (Å²) in [6.07, 6.45) is 6.05. The molecule has 0 aromatic heterocycles. The number of piperidine rings is 1. The van der Waals surface area contributed by atoms with Crippen LogP contribution in [0.3, 0.4) is 0 Å². The van der Waals surface area contributed by atoms with Crippen molar-refractivity contribution < 1.29 is 24.5 Å². The van der Waals surface area contributed by atoms with Crippen molar-refractivity contribution in [2.24, 2.45) is 16.7 Å². The highest BCUT2D eigenvalue weighted by molar-refractivity contribution is 5.95. The van der Waals surface area contributed by atoms with E-state index in [1.54, 1.807) is 13.2 Å². The Morgan fingerprint density at radius 1 is 1.11 bits per heavy atom. The number of phenols is 1. The second kappa shape index (κ2) is 7.22. The number of amides is 1. The minimum Gasteiger partial charge on any atom is -0.504 e. The highest BCUT2D eigenvalue weighted by Gasteiger charge is 2.81. The number of nitrogens with zero attached hydrogens (tertiary/aromatic N) is 1. The molecule has 200 valence electrons. The molecule has 4 aliphatic carbocycles. The molecular weight excluding hydrogens is 478 g/mol. The van der Waals surface area contributed by atoms with Crippen LogP contribution in [-0.2, 0) is 16.6 Å². The Morgan fingerprint density at radius 2 is 1.84 bits per heavy atom. The van der Waals surface area contributed by atoms with E-state index in [0.29, 0.717) is 37.1 Å². The number of carbonyl (C=O) groups excluding carboxylic acids is 1. The average Bonchev–Trinajstić information content (AvgIpc) is 3.27. The molecule has 1 saturated heterocycles. The summed E-state index contributed by atoms with van der Waals surface area (Å²) in [7, 11) is 1.71. The molecule has 1 amide bonds. The third-order valence-corrected chi connectivity index (χ3v) is 11.3. The summed E-state index contributed by atoms with van der Waals surface area (Å²) in [5, 5.41) is 23.2. The molecule has 2 N–H and O–H groups in total. The number of likely N-dealkylation sites (tertiary alicyclic amines) is 1. The van der Waals surface area contributed by atoms with Gasteiger partial charge in [-0.2, -0.15) is 0 Å². The van der Waals surface area contributed by atoms with Gasteiger partial charge < -0.3 is 24.6 Å². The van der Waals surface area contributed by atoms with Crippen LogP contribution in [0, 0.1) is 16.7 Å². The minimum atomic E-state index is -1.09. The lowest BCUT2D eigenvalue weighted by atomic mass is 9.35. The summed E-state index contributed by atoms with van der Waals surface area (Å²) in [6, 6.07) is 13.1. The third kappa shape index (κ3) is 2.50.